The number of carbonyl (C=O) groups excluding carboxylic acids is 1. The Hall–Kier alpha value is -1.41. The van der Waals surface area contributed by atoms with E-state index < -0.39 is 0 Å². The highest BCUT2D eigenvalue weighted by atomic mass is 16.5. The van der Waals surface area contributed by atoms with Crippen LogP contribution in [-0.2, 0) is 16.0 Å². The molecule has 0 N–H and O–H groups in total. The first-order valence-electron chi connectivity index (χ1n) is 9.24. The Kier molecular flexibility index (Phi) is 4.35. The van der Waals surface area contributed by atoms with Crippen molar-refractivity contribution in [1.29, 1.82) is 0 Å². The van der Waals surface area contributed by atoms with E-state index in [2.05, 4.69) is 24.3 Å². The molecule has 2 aliphatic carbocycles. The Morgan fingerprint density at radius 1 is 1.00 bits per heavy atom. The molecular weight excluding hydrogens is 284 g/mol. The summed E-state index contributed by atoms with van der Waals surface area (Å²) in [7, 11) is 0. The van der Waals surface area contributed by atoms with Crippen LogP contribution in [0.15, 0.2) is 41.5 Å². The molecule has 23 heavy (non-hydrogen) atoms. The van der Waals surface area contributed by atoms with Crippen LogP contribution in [0, 0.1) is 11.8 Å². The number of allylic oxidation sites excluding steroid dienone is 1. The molecular formula is C21H26O2. The van der Waals surface area contributed by atoms with Gasteiger partial charge in [0, 0.05) is 12.3 Å². The molecule has 2 atom stereocenters. The van der Waals surface area contributed by atoms with Crippen molar-refractivity contribution in [2.75, 3.05) is 6.61 Å². The Balaban J connectivity index is 1.54. The topological polar surface area (TPSA) is 26.3 Å². The zero-order chi connectivity index (χ0) is 15.6. The Morgan fingerprint density at radius 3 is 2.57 bits per heavy atom. The van der Waals surface area contributed by atoms with Crippen molar-refractivity contribution in [3.05, 3.63) is 47.0 Å². The number of fused-ring (bicyclic) bond motifs is 1. The predicted molar refractivity (Wildman–Crippen MR) is 91.2 cm³/mol. The van der Waals surface area contributed by atoms with E-state index in [1.165, 1.54) is 43.2 Å². The molecule has 1 aromatic carbocycles. The minimum atomic E-state index is 0.248. The maximum Gasteiger partial charge on any atom is 0.159 e. The predicted octanol–water partition coefficient (Wildman–Crippen LogP) is 4.48. The second kappa shape index (κ2) is 6.60. The van der Waals surface area contributed by atoms with Gasteiger partial charge in [-0.25, -0.2) is 0 Å². The van der Waals surface area contributed by atoms with Crippen LogP contribution in [0.3, 0.4) is 0 Å². The molecule has 1 aliphatic heterocycles. The lowest BCUT2D eigenvalue weighted by Crippen LogP contribution is -2.24. The molecule has 2 heteroatoms. The minimum absolute atomic E-state index is 0.248. The number of hydrogen-bond donors (Lipinski definition) is 0. The fraction of sp³-hybridized carbons (Fsp3) is 0.571. The number of ketones is 1. The second-order valence-corrected chi connectivity index (χ2v) is 7.40. The zero-order valence-corrected chi connectivity index (χ0v) is 13.8. The van der Waals surface area contributed by atoms with Crippen LogP contribution in [0.25, 0.3) is 0 Å². The van der Waals surface area contributed by atoms with E-state index in [-0.39, 0.29) is 6.10 Å². The van der Waals surface area contributed by atoms with Crippen LogP contribution in [0.2, 0.25) is 0 Å². The Bertz CT molecular complexity index is 596. The van der Waals surface area contributed by atoms with Gasteiger partial charge in [0.15, 0.2) is 5.78 Å². The van der Waals surface area contributed by atoms with Gasteiger partial charge in [-0.05, 0) is 48.3 Å². The monoisotopic (exact) mass is 310 g/mol. The first kappa shape index (κ1) is 15.1. The van der Waals surface area contributed by atoms with Crippen molar-refractivity contribution in [2.45, 2.75) is 57.5 Å². The van der Waals surface area contributed by atoms with E-state index in [1.807, 2.05) is 6.07 Å². The fourth-order valence-electron chi connectivity index (χ4n) is 4.75. The molecule has 1 saturated heterocycles. The lowest BCUT2D eigenvalue weighted by atomic mass is 9.80. The van der Waals surface area contributed by atoms with Crippen molar-refractivity contribution in [3.8, 4) is 0 Å². The molecule has 3 aliphatic rings. The minimum Gasteiger partial charge on any atom is -0.373 e. The third kappa shape index (κ3) is 3.01. The highest BCUT2D eigenvalue weighted by Gasteiger charge is 2.44. The van der Waals surface area contributed by atoms with Crippen LogP contribution in [0.4, 0.5) is 0 Å². The third-order valence-corrected chi connectivity index (χ3v) is 5.92. The standard InChI is InChI=1S/C21H26O2/c22-19-13-17-14-23-21(16-9-5-2-6-10-16)20(17)18(19)12-11-15-7-3-1-4-8-15/h1,3-4,7-8,16-17,21H,2,5-6,9-14H2/t17-,21+/m0/s1. The highest BCUT2D eigenvalue weighted by molar-refractivity contribution is 5.99. The number of Topliss-reactive ketones (excluding diaryl/α,β-unsaturated/α-hetero) is 1. The van der Waals surface area contributed by atoms with Crippen molar-refractivity contribution in [3.63, 3.8) is 0 Å². The number of rotatable bonds is 4. The van der Waals surface area contributed by atoms with Gasteiger partial charge in [0.25, 0.3) is 0 Å². The quantitative estimate of drug-likeness (QED) is 0.819. The van der Waals surface area contributed by atoms with E-state index in [0.29, 0.717) is 24.0 Å². The van der Waals surface area contributed by atoms with E-state index in [1.54, 1.807) is 0 Å². The van der Waals surface area contributed by atoms with Crippen LogP contribution < -0.4 is 0 Å². The molecule has 0 bridgehead atoms. The molecule has 1 aromatic rings. The van der Waals surface area contributed by atoms with E-state index in [4.69, 9.17) is 4.74 Å². The van der Waals surface area contributed by atoms with Crippen LogP contribution in [-0.4, -0.2) is 18.5 Å². The smallest absolute Gasteiger partial charge is 0.159 e. The SMILES string of the molecule is O=C1C[C@H]2CO[C@H](C3CCCCC3)C2=C1CCc1ccccc1. The van der Waals surface area contributed by atoms with Gasteiger partial charge in [0.2, 0.25) is 0 Å². The third-order valence-electron chi connectivity index (χ3n) is 5.92. The molecule has 2 nitrogen and oxygen atoms in total. The summed E-state index contributed by atoms with van der Waals surface area (Å²) in [5.74, 6) is 1.44. The molecule has 0 amide bonds. The van der Waals surface area contributed by atoms with Gasteiger partial charge in [-0.15, -0.1) is 0 Å². The fourth-order valence-corrected chi connectivity index (χ4v) is 4.75. The summed E-state index contributed by atoms with van der Waals surface area (Å²) in [6.45, 7) is 0.775. The summed E-state index contributed by atoms with van der Waals surface area (Å²) in [6.07, 6.45) is 9.39. The average Bonchev–Trinajstić information content (AvgIpc) is 3.13. The molecule has 122 valence electrons. The summed E-state index contributed by atoms with van der Waals surface area (Å²) in [5.41, 5.74) is 3.84. The lowest BCUT2D eigenvalue weighted by molar-refractivity contribution is -0.115. The summed E-state index contributed by atoms with van der Waals surface area (Å²) in [6, 6.07) is 10.5. The van der Waals surface area contributed by atoms with E-state index in [9.17, 15) is 4.79 Å². The van der Waals surface area contributed by atoms with Crippen molar-refractivity contribution < 1.29 is 9.53 Å². The molecule has 1 heterocycles. The molecule has 0 radical (unpaired) electrons. The Morgan fingerprint density at radius 2 is 1.78 bits per heavy atom. The van der Waals surface area contributed by atoms with Crippen LogP contribution in [0.1, 0.15) is 50.5 Å². The van der Waals surface area contributed by atoms with Gasteiger partial charge in [0.1, 0.15) is 0 Å². The average molecular weight is 310 g/mol. The largest absolute Gasteiger partial charge is 0.373 e. The van der Waals surface area contributed by atoms with Crippen molar-refractivity contribution in [2.24, 2.45) is 11.8 Å². The van der Waals surface area contributed by atoms with Gasteiger partial charge < -0.3 is 4.74 Å². The first-order chi connectivity index (χ1) is 11.3. The molecule has 0 spiro atoms. The molecule has 1 saturated carbocycles. The second-order valence-electron chi connectivity index (χ2n) is 7.40. The Labute approximate surface area is 138 Å². The molecule has 2 fully saturated rings. The molecule has 0 aromatic heterocycles. The summed E-state index contributed by atoms with van der Waals surface area (Å²) in [5, 5.41) is 0. The normalized spacial score (nSPS) is 28.4. The number of benzene rings is 1. The van der Waals surface area contributed by atoms with Gasteiger partial charge in [-0.1, -0.05) is 49.6 Å². The highest BCUT2D eigenvalue weighted by Crippen LogP contribution is 2.45. The van der Waals surface area contributed by atoms with Gasteiger partial charge >= 0.3 is 0 Å². The summed E-state index contributed by atoms with van der Waals surface area (Å²) < 4.78 is 6.18. The molecule has 0 unspecified atom stereocenters. The van der Waals surface area contributed by atoms with Crippen LogP contribution >= 0.6 is 0 Å². The van der Waals surface area contributed by atoms with E-state index >= 15 is 0 Å². The van der Waals surface area contributed by atoms with E-state index in [0.717, 1.165) is 25.0 Å². The number of aryl methyl sites for hydroxylation is 1. The number of ether oxygens (including phenoxy) is 1. The first-order valence-corrected chi connectivity index (χ1v) is 9.24. The maximum absolute atomic E-state index is 12.5. The van der Waals surface area contributed by atoms with Crippen molar-refractivity contribution in [1.82, 2.24) is 0 Å². The lowest BCUT2D eigenvalue weighted by Gasteiger charge is -2.28. The van der Waals surface area contributed by atoms with Gasteiger partial charge in [-0.3, -0.25) is 4.79 Å². The molecule has 4 rings (SSSR count). The van der Waals surface area contributed by atoms with Gasteiger partial charge in [-0.2, -0.15) is 0 Å². The zero-order valence-electron chi connectivity index (χ0n) is 13.8. The number of hydrogen-bond acceptors (Lipinski definition) is 2. The summed E-state index contributed by atoms with van der Waals surface area (Å²) >= 11 is 0. The van der Waals surface area contributed by atoms with Crippen molar-refractivity contribution >= 4 is 5.78 Å². The van der Waals surface area contributed by atoms with Gasteiger partial charge in [0.05, 0.1) is 12.7 Å². The maximum atomic E-state index is 12.5. The van der Waals surface area contributed by atoms with Crippen LogP contribution in [0.5, 0.6) is 0 Å². The summed E-state index contributed by atoms with van der Waals surface area (Å²) in [4.78, 5) is 12.5. The number of carbonyl (C=O) groups is 1.